The molecule has 26 heavy (non-hydrogen) atoms. The van der Waals surface area contributed by atoms with Gasteiger partial charge in [-0.1, -0.05) is 72.4 Å². The normalized spacial score (nSPS) is 13.4. The molecule has 0 N–H and O–H groups in total. The number of hydrogen-bond acceptors (Lipinski definition) is 4. The molecule has 4 aromatic rings. The summed E-state index contributed by atoms with van der Waals surface area (Å²) in [4.78, 5) is 11.9. The highest BCUT2D eigenvalue weighted by Gasteiger charge is 2.24. The summed E-state index contributed by atoms with van der Waals surface area (Å²) in [5.74, 6) is 0. The maximum absolute atomic E-state index is 4.71. The van der Waals surface area contributed by atoms with E-state index in [2.05, 4.69) is 65.6 Å². The highest BCUT2D eigenvalue weighted by Crippen LogP contribution is 2.45. The van der Waals surface area contributed by atoms with Crippen LogP contribution in [0.4, 0.5) is 0 Å². The van der Waals surface area contributed by atoms with E-state index >= 15 is 0 Å². The summed E-state index contributed by atoms with van der Waals surface area (Å²) in [5, 5.41) is 2.64. The number of nitrogens with zero attached hydrogens (tertiary/aromatic N) is 2. The van der Waals surface area contributed by atoms with E-state index in [1.807, 2.05) is 23.1 Å². The van der Waals surface area contributed by atoms with E-state index in [9.17, 15) is 0 Å². The Hall–Kier alpha value is -2.17. The number of hydrogen-bond donors (Lipinski definition) is 0. The zero-order valence-corrected chi connectivity index (χ0v) is 15.9. The van der Waals surface area contributed by atoms with Crippen LogP contribution in [0.15, 0.2) is 72.0 Å². The first kappa shape index (κ1) is 16.0. The summed E-state index contributed by atoms with van der Waals surface area (Å²) in [7, 11) is 0. The van der Waals surface area contributed by atoms with Crippen LogP contribution < -0.4 is 0 Å². The predicted octanol–water partition coefficient (Wildman–Crippen LogP) is 6.06. The molecule has 2 aromatic heterocycles. The molecule has 2 aromatic carbocycles. The molecule has 128 valence electrons. The lowest BCUT2D eigenvalue weighted by Crippen LogP contribution is -1.98. The summed E-state index contributed by atoms with van der Waals surface area (Å²) < 4.78 is 0. The summed E-state index contributed by atoms with van der Waals surface area (Å²) in [6.45, 7) is 0. The molecule has 1 aliphatic carbocycles. The van der Waals surface area contributed by atoms with Crippen molar-refractivity contribution in [2.45, 2.75) is 29.5 Å². The van der Waals surface area contributed by atoms with Crippen LogP contribution in [0.25, 0.3) is 10.2 Å². The zero-order valence-electron chi connectivity index (χ0n) is 14.3. The van der Waals surface area contributed by atoms with E-state index < -0.39 is 0 Å². The van der Waals surface area contributed by atoms with Gasteiger partial charge in [-0.2, -0.15) is 0 Å². The predicted molar refractivity (Wildman–Crippen MR) is 110 cm³/mol. The second-order valence-corrected chi connectivity index (χ2v) is 8.71. The van der Waals surface area contributed by atoms with Crippen molar-refractivity contribution < 1.29 is 0 Å². The SMILES string of the molecule is c1ccc(C(Sc2ncnc3sc4c(c23)CCC4)c2ccccc2)cc1. The van der Waals surface area contributed by atoms with E-state index in [1.54, 1.807) is 6.33 Å². The second kappa shape index (κ2) is 6.86. The Morgan fingerprint density at radius 2 is 1.54 bits per heavy atom. The molecule has 0 unspecified atom stereocenters. The van der Waals surface area contributed by atoms with Crippen molar-refractivity contribution in [1.82, 2.24) is 9.97 Å². The van der Waals surface area contributed by atoms with E-state index in [1.165, 1.54) is 39.8 Å². The Morgan fingerprint density at radius 3 is 2.23 bits per heavy atom. The maximum atomic E-state index is 4.71. The summed E-state index contributed by atoms with van der Waals surface area (Å²) in [5.41, 5.74) is 4.11. The number of thiophene rings is 1. The Balaban J connectivity index is 1.62. The lowest BCUT2D eigenvalue weighted by atomic mass is 10.0. The molecule has 4 heteroatoms. The first-order chi connectivity index (χ1) is 12.9. The van der Waals surface area contributed by atoms with E-state index in [0.29, 0.717) is 0 Å². The summed E-state index contributed by atoms with van der Waals surface area (Å²) >= 11 is 3.71. The lowest BCUT2D eigenvalue weighted by Gasteiger charge is -2.18. The van der Waals surface area contributed by atoms with Crippen molar-refractivity contribution in [3.63, 3.8) is 0 Å². The number of thioether (sulfide) groups is 1. The van der Waals surface area contributed by atoms with Gasteiger partial charge in [0.15, 0.2) is 0 Å². The van der Waals surface area contributed by atoms with Crippen molar-refractivity contribution in [1.29, 1.82) is 0 Å². The molecule has 0 saturated carbocycles. The fourth-order valence-electron chi connectivity index (χ4n) is 3.68. The van der Waals surface area contributed by atoms with Crippen LogP contribution >= 0.6 is 23.1 Å². The molecule has 0 fully saturated rings. The third-order valence-electron chi connectivity index (χ3n) is 4.90. The van der Waals surface area contributed by atoms with Crippen molar-refractivity contribution >= 4 is 33.3 Å². The minimum absolute atomic E-state index is 0.229. The van der Waals surface area contributed by atoms with Gasteiger partial charge in [0.05, 0.1) is 5.25 Å². The molecule has 0 amide bonds. The zero-order chi connectivity index (χ0) is 17.3. The van der Waals surface area contributed by atoms with Gasteiger partial charge >= 0.3 is 0 Å². The molecule has 2 nitrogen and oxygen atoms in total. The number of aromatic nitrogens is 2. The lowest BCUT2D eigenvalue weighted by molar-refractivity contribution is 0.915. The largest absolute Gasteiger partial charge is 0.229 e. The number of benzene rings is 2. The van der Waals surface area contributed by atoms with Crippen molar-refractivity contribution in [3.05, 3.63) is 88.6 Å². The fraction of sp³-hybridized carbons (Fsp3) is 0.182. The Kier molecular flexibility index (Phi) is 4.23. The molecule has 0 atom stereocenters. The van der Waals surface area contributed by atoms with Gasteiger partial charge < -0.3 is 0 Å². The molecule has 0 saturated heterocycles. The number of aryl methyl sites for hydroxylation is 2. The minimum atomic E-state index is 0.229. The monoisotopic (exact) mass is 374 g/mol. The first-order valence-corrected chi connectivity index (χ1v) is 10.6. The molecule has 5 rings (SSSR count). The summed E-state index contributed by atoms with van der Waals surface area (Å²) in [6.07, 6.45) is 5.35. The quantitative estimate of drug-likeness (QED) is 0.321. The highest BCUT2D eigenvalue weighted by molar-refractivity contribution is 7.99. The fourth-order valence-corrected chi connectivity index (χ4v) is 6.23. The Bertz CT molecular complexity index is 1000. The molecule has 0 aliphatic heterocycles. The second-order valence-electron chi connectivity index (χ2n) is 6.54. The van der Waals surface area contributed by atoms with Gasteiger partial charge in [0.25, 0.3) is 0 Å². The molecule has 0 radical (unpaired) electrons. The van der Waals surface area contributed by atoms with Crippen LogP contribution in [-0.4, -0.2) is 9.97 Å². The average Bonchev–Trinajstić information content (AvgIpc) is 3.29. The van der Waals surface area contributed by atoms with Crippen molar-refractivity contribution in [3.8, 4) is 0 Å². The van der Waals surface area contributed by atoms with Crippen molar-refractivity contribution in [2.75, 3.05) is 0 Å². The van der Waals surface area contributed by atoms with Gasteiger partial charge in [0.1, 0.15) is 16.2 Å². The first-order valence-electron chi connectivity index (χ1n) is 8.92. The third-order valence-corrected chi connectivity index (χ3v) is 7.41. The molecule has 1 aliphatic rings. The topological polar surface area (TPSA) is 25.8 Å². The summed E-state index contributed by atoms with van der Waals surface area (Å²) in [6, 6.07) is 21.4. The number of rotatable bonds is 4. The smallest absolute Gasteiger partial charge is 0.128 e. The molecular formula is C22H18N2S2. The molecule has 0 spiro atoms. The Morgan fingerprint density at radius 1 is 0.846 bits per heavy atom. The van der Waals surface area contributed by atoms with Crippen LogP contribution in [0.3, 0.4) is 0 Å². The van der Waals surface area contributed by atoms with E-state index in [0.717, 1.165) is 16.3 Å². The van der Waals surface area contributed by atoms with E-state index in [-0.39, 0.29) is 5.25 Å². The van der Waals surface area contributed by atoms with Crippen LogP contribution in [0.1, 0.15) is 33.2 Å². The van der Waals surface area contributed by atoms with Crippen LogP contribution in [-0.2, 0) is 12.8 Å². The highest BCUT2D eigenvalue weighted by atomic mass is 32.2. The van der Waals surface area contributed by atoms with Gasteiger partial charge in [-0.15, -0.1) is 11.3 Å². The van der Waals surface area contributed by atoms with Crippen molar-refractivity contribution in [2.24, 2.45) is 0 Å². The molecule has 2 heterocycles. The van der Waals surface area contributed by atoms with Crippen LogP contribution in [0.5, 0.6) is 0 Å². The van der Waals surface area contributed by atoms with Gasteiger partial charge in [0, 0.05) is 10.3 Å². The van der Waals surface area contributed by atoms with Gasteiger partial charge in [0.2, 0.25) is 0 Å². The third kappa shape index (κ3) is 2.83. The van der Waals surface area contributed by atoms with Gasteiger partial charge in [-0.25, -0.2) is 9.97 Å². The maximum Gasteiger partial charge on any atom is 0.128 e. The van der Waals surface area contributed by atoms with Crippen LogP contribution in [0.2, 0.25) is 0 Å². The standard InChI is InChI=1S/C22H18N2S2/c1-3-8-15(9-4-1)20(16-10-5-2-6-11-16)26-22-19-17-12-7-13-18(17)25-21(19)23-14-24-22/h1-6,8-11,14,20H,7,12-13H2. The van der Waals surface area contributed by atoms with Gasteiger partial charge in [-0.3, -0.25) is 0 Å². The minimum Gasteiger partial charge on any atom is -0.229 e. The number of fused-ring (bicyclic) bond motifs is 3. The van der Waals surface area contributed by atoms with Gasteiger partial charge in [-0.05, 0) is 36.0 Å². The average molecular weight is 375 g/mol. The molecular weight excluding hydrogens is 356 g/mol. The Labute approximate surface area is 161 Å². The van der Waals surface area contributed by atoms with E-state index in [4.69, 9.17) is 4.98 Å². The van der Waals surface area contributed by atoms with Crippen LogP contribution in [0, 0.1) is 0 Å². The molecule has 0 bridgehead atoms.